The number of sulfonamides is 1. The molecule has 2 aromatic rings. The highest BCUT2D eigenvalue weighted by molar-refractivity contribution is 7.89. The highest BCUT2D eigenvalue weighted by Crippen LogP contribution is 2.07. The quantitative estimate of drug-likeness (QED) is 0.764. The third kappa shape index (κ3) is 4.79. The van der Waals surface area contributed by atoms with Crippen molar-refractivity contribution in [2.45, 2.75) is 11.4 Å². The summed E-state index contributed by atoms with van der Waals surface area (Å²) in [5.41, 5.74) is 1.69. The van der Waals surface area contributed by atoms with E-state index in [1.165, 1.54) is 18.3 Å². The average Bonchev–Trinajstić information content (AvgIpc) is 2.57. The van der Waals surface area contributed by atoms with E-state index in [1.54, 1.807) is 18.2 Å². The topological polar surface area (TPSA) is 58.2 Å². The Balaban J connectivity index is 2.00. The molecule has 0 unspecified atom stereocenters. The molecule has 0 saturated heterocycles. The molecular formula is C16H17ClN2O2S. The Hall–Kier alpha value is -1.98. The van der Waals surface area contributed by atoms with E-state index in [2.05, 4.69) is 10.0 Å². The first kappa shape index (κ1) is 16.4. The van der Waals surface area contributed by atoms with Gasteiger partial charge in [-0.25, -0.2) is 8.42 Å². The van der Waals surface area contributed by atoms with Crippen LogP contribution in [0.2, 0.25) is 0 Å². The fraction of sp³-hybridized carbons (Fsp3) is 0.125. The number of allylic oxidation sites excluding steroid dienone is 1. The molecule has 2 aromatic carbocycles. The van der Waals surface area contributed by atoms with Gasteiger partial charge in [0.2, 0.25) is 0 Å². The summed E-state index contributed by atoms with van der Waals surface area (Å²) in [6, 6.07) is 18.0. The average molecular weight is 337 g/mol. The number of halogens is 1. The van der Waals surface area contributed by atoms with Crippen LogP contribution in [0.15, 0.2) is 77.5 Å². The lowest BCUT2D eigenvalue weighted by atomic mass is 10.2. The number of hydrogen-bond acceptors (Lipinski definition) is 3. The maximum absolute atomic E-state index is 12.1. The molecule has 0 spiro atoms. The van der Waals surface area contributed by atoms with E-state index in [4.69, 9.17) is 11.6 Å². The Kier molecular flexibility index (Phi) is 5.86. The van der Waals surface area contributed by atoms with Gasteiger partial charge in [0.05, 0.1) is 10.8 Å². The van der Waals surface area contributed by atoms with Crippen molar-refractivity contribution < 1.29 is 8.42 Å². The molecule has 6 heteroatoms. The predicted octanol–water partition coefficient (Wildman–Crippen LogP) is 2.83. The lowest BCUT2D eigenvalue weighted by Crippen LogP contribution is -2.22. The van der Waals surface area contributed by atoms with Crippen molar-refractivity contribution in [1.29, 1.82) is 0 Å². The fourth-order valence-electron chi connectivity index (χ4n) is 1.76. The Morgan fingerprint density at radius 1 is 1.00 bits per heavy atom. The molecule has 4 nitrogen and oxygen atoms in total. The number of nitrogens with one attached hydrogen (secondary N) is 2. The Morgan fingerprint density at radius 2 is 1.59 bits per heavy atom. The van der Waals surface area contributed by atoms with E-state index < -0.39 is 10.0 Å². The van der Waals surface area contributed by atoms with Crippen molar-refractivity contribution >= 4 is 21.6 Å². The zero-order valence-corrected chi connectivity index (χ0v) is 13.4. The lowest BCUT2D eigenvalue weighted by molar-refractivity contribution is 0.590. The van der Waals surface area contributed by atoms with E-state index in [-0.39, 0.29) is 10.8 Å². The molecule has 2 N–H and O–H groups in total. The Morgan fingerprint density at radius 3 is 2.18 bits per heavy atom. The highest BCUT2D eigenvalue weighted by Gasteiger charge is 2.11. The second-order valence-electron chi connectivity index (χ2n) is 4.58. The molecule has 0 aromatic heterocycles. The van der Waals surface area contributed by atoms with Crippen molar-refractivity contribution in [2.24, 2.45) is 0 Å². The molecule has 0 aliphatic rings. The van der Waals surface area contributed by atoms with Gasteiger partial charge in [0.15, 0.2) is 0 Å². The van der Waals surface area contributed by atoms with Crippen LogP contribution in [-0.2, 0) is 16.6 Å². The number of hydrogen-bond donors (Lipinski definition) is 2. The molecule has 0 radical (unpaired) electrons. The van der Waals surface area contributed by atoms with Crippen LogP contribution >= 0.6 is 11.6 Å². The van der Waals surface area contributed by atoms with E-state index in [1.807, 2.05) is 30.3 Å². The van der Waals surface area contributed by atoms with Crippen molar-refractivity contribution in [3.8, 4) is 0 Å². The van der Waals surface area contributed by atoms with Crippen LogP contribution in [0.25, 0.3) is 0 Å². The zero-order chi connectivity index (χ0) is 15.8. The van der Waals surface area contributed by atoms with E-state index in [0.29, 0.717) is 12.2 Å². The van der Waals surface area contributed by atoms with Crippen LogP contribution in [0.4, 0.5) is 0 Å². The summed E-state index contributed by atoms with van der Waals surface area (Å²) in [7, 11) is -3.57. The standard InChI is InChI=1S/C16H17ClN2O2S/c17-11-15(18-12-14-7-3-1-4-8-14)13-19-22(20,21)16-9-5-2-6-10-16/h1-10,13,18-19H,11-12H2/b15-13+. The van der Waals surface area contributed by atoms with E-state index in [0.717, 1.165) is 5.56 Å². The molecule has 0 atom stereocenters. The van der Waals surface area contributed by atoms with Crippen LogP contribution in [0.5, 0.6) is 0 Å². The monoisotopic (exact) mass is 336 g/mol. The molecule has 0 saturated carbocycles. The van der Waals surface area contributed by atoms with Crippen molar-refractivity contribution in [2.75, 3.05) is 5.88 Å². The van der Waals surface area contributed by atoms with Crippen molar-refractivity contribution in [3.05, 3.63) is 78.1 Å². The smallest absolute Gasteiger partial charge is 0.261 e. The van der Waals surface area contributed by atoms with E-state index in [9.17, 15) is 8.42 Å². The predicted molar refractivity (Wildman–Crippen MR) is 88.8 cm³/mol. The van der Waals surface area contributed by atoms with Gasteiger partial charge in [-0.3, -0.25) is 4.72 Å². The summed E-state index contributed by atoms with van der Waals surface area (Å²) in [6.07, 6.45) is 1.39. The summed E-state index contributed by atoms with van der Waals surface area (Å²) in [6.45, 7) is 0.576. The fourth-order valence-corrected chi connectivity index (χ4v) is 2.89. The maximum Gasteiger partial charge on any atom is 0.261 e. The molecule has 0 bridgehead atoms. The highest BCUT2D eigenvalue weighted by atomic mass is 35.5. The minimum atomic E-state index is -3.57. The van der Waals surface area contributed by atoms with Gasteiger partial charge in [0.25, 0.3) is 10.0 Å². The van der Waals surface area contributed by atoms with Gasteiger partial charge in [-0.2, -0.15) is 0 Å². The molecule has 2 rings (SSSR count). The molecular weight excluding hydrogens is 320 g/mol. The van der Waals surface area contributed by atoms with Crippen LogP contribution in [0.3, 0.4) is 0 Å². The summed E-state index contributed by atoms with van der Waals surface area (Å²) in [5, 5.41) is 3.11. The molecule has 0 aliphatic heterocycles. The molecule has 22 heavy (non-hydrogen) atoms. The minimum Gasteiger partial charge on any atom is -0.382 e. The third-order valence-corrected chi connectivity index (χ3v) is 4.56. The molecule has 0 aliphatic carbocycles. The zero-order valence-electron chi connectivity index (χ0n) is 11.9. The second-order valence-corrected chi connectivity index (χ2v) is 6.56. The first-order chi connectivity index (χ1) is 10.6. The van der Waals surface area contributed by atoms with E-state index >= 15 is 0 Å². The second kappa shape index (κ2) is 7.87. The minimum absolute atomic E-state index is 0.185. The van der Waals surface area contributed by atoms with Crippen molar-refractivity contribution in [1.82, 2.24) is 10.0 Å². The third-order valence-electron chi connectivity index (χ3n) is 2.95. The first-order valence-electron chi connectivity index (χ1n) is 6.72. The van der Waals surface area contributed by atoms with Gasteiger partial charge in [-0.15, -0.1) is 11.6 Å². The van der Waals surface area contributed by atoms with Crippen LogP contribution in [0, 0.1) is 0 Å². The molecule has 0 heterocycles. The van der Waals surface area contributed by atoms with Crippen LogP contribution in [0.1, 0.15) is 5.56 Å². The maximum atomic E-state index is 12.1. The van der Waals surface area contributed by atoms with Gasteiger partial charge >= 0.3 is 0 Å². The molecule has 0 amide bonds. The number of rotatable bonds is 7. The van der Waals surface area contributed by atoms with Gasteiger partial charge < -0.3 is 5.32 Å². The summed E-state index contributed by atoms with van der Waals surface area (Å²) >= 11 is 5.84. The first-order valence-corrected chi connectivity index (χ1v) is 8.74. The largest absolute Gasteiger partial charge is 0.382 e. The molecule has 0 fully saturated rings. The normalized spacial score (nSPS) is 12.0. The molecule has 116 valence electrons. The Bertz CT molecular complexity index is 716. The Labute approximate surface area is 135 Å². The van der Waals surface area contributed by atoms with Crippen LogP contribution < -0.4 is 10.0 Å². The van der Waals surface area contributed by atoms with Crippen molar-refractivity contribution in [3.63, 3.8) is 0 Å². The number of benzene rings is 2. The summed E-state index contributed by atoms with van der Waals surface area (Å²) < 4.78 is 26.6. The lowest BCUT2D eigenvalue weighted by Gasteiger charge is -2.10. The van der Waals surface area contributed by atoms with Gasteiger partial charge in [0, 0.05) is 18.4 Å². The SMILES string of the molecule is O=S(=O)(N/C=C(\CCl)NCc1ccccc1)c1ccccc1. The van der Waals surface area contributed by atoms with Gasteiger partial charge in [-0.1, -0.05) is 48.5 Å². The van der Waals surface area contributed by atoms with Gasteiger partial charge in [-0.05, 0) is 17.7 Å². The summed E-state index contributed by atoms with van der Waals surface area (Å²) in [5.74, 6) is 0.185. The van der Waals surface area contributed by atoms with Gasteiger partial charge in [0.1, 0.15) is 0 Å². The number of alkyl halides is 1. The van der Waals surface area contributed by atoms with Crippen LogP contribution in [-0.4, -0.2) is 14.3 Å². The summed E-state index contributed by atoms with van der Waals surface area (Å²) in [4.78, 5) is 0.211.